The summed E-state index contributed by atoms with van der Waals surface area (Å²) in [6.45, 7) is 6.02. The lowest BCUT2D eigenvalue weighted by Crippen LogP contribution is -2.14. The topological polar surface area (TPSA) is 86.0 Å². The highest BCUT2D eigenvalue weighted by Gasteiger charge is 2.35. The zero-order valence-electron chi connectivity index (χ0n) is 10.5. The maximum Gasteiger partial charge on any atom is 0.323 e. The molecule has 1 aliphatic rings. The number of nitrogens with two attached hydrogens (primary N) is 1. The van der Waals surface area contributed by atoms with Gasteiger partial charge in [0.15, 0.2) is 0 Å². The molecule has 0 saturated heterocycles. The van der Waals surface area contributed by atoms with Crippen LogP contribution in [0.5, 0.6) is 6.01 Å². The normalized spacial score (nSPS) is 22.6. The molecule has 0 spiro atoms. The van der Waals surface area contributed by atoms with E-state index in [1.807, 2.05) is 13.8 Å². The van der Waals surface area contributed by atoms with Crippen LogP contribution >= 0.6 is 0 Å². The Bertz CT molecular complexity index is 395. The van der Waals surface area contributed by atoms with E-state index in [1.54, 1.807) is 0 Å². The molecule has 1 aromatic heterocycles. The number of hydrogen-bond donors (Lipinski definition) is 2. The Morgan fingerprint density at radius 2 is 2.18 bits per heavy atom. The number of rotatable bonds is 5. The Balaban J connectivity index is 2.04. The van der Waals surface area contributed by atoms with Crippen LogP contribution in [0.4, 0.5) is 11.9 Å². The van der Waals surface area contributed by atoms with Crippen molar-refractivity contribution in [2.75, 3.05) is 11.1 Å². The molecule has 1 heterocycles. The minimum atomic E-state index is 0.0222. The zero-order valence-corrected chi connectivity index (χ0v) is 10.5. The van der Waals surface area contributed by atoms with Crippen LogP contribution in [-0.4, -0.2) is 27.1 Å². The van der Waals surface area contributed by atoms with Gasteiger partial charge in [-0.25, -0.2) is 0 Å². The molecule has 0 aromatic carbocycles. The lowest BCUT2D eigenvalue weighted by Gasteiger charge is -2.09. The van der Waals surface area contributed by atoms with Gasteiger partial charge in [0.25, 0.3) is 0 Å². The van der Waals surface area contributed by atoms with Crippen LogP contribution in [0.1, 0.15) is 33.6 Å². The molecule has 1 aromatic rings. The van der Waals surface area contributed by atoms with Gasteiger partial charge in [0, 0.05) is 6.04 Å². The zero-order chi connectivity index (χ0) is 12.4. The summed E-state index contributed by atoms with van der Waals surface area (Å²) in [7, 11) is 0. The summed E-state index contributed by atoms with van der Waals surface area (Å²) >= 11 is 0. The molecule has 2 rings (SSSR count). The number of hydrogen-bond acceptors (Lipinski definition) is 6. The van der Waals surface area contributed by atoms with Gasteiger partial charge in [-0.1, -0.05) is 13.3 Å². The van der Waals surface area contributed by atoms with E-state index in [0.717, 1.165) is 5.92 Å². The van der Waals surface area contributed by atoms with E-state index >= 15 is 0 Å². The summed E-state index contributed by atoms with van der Waals surface area (Å²) in [5.74, 6) is 1.42. The van der Waals surface area contributed by atoms with Crippen LogP contribution in [-0.2, 0) is 0 Å². The molecule has 0 radical (unpaired) electrons. The smallest absolute Gasteiger partial charge is 0.323 e. The van der Waals surface area contributed by atoms with Gasteiger partial charge in [-0.05, 0) is 26.2 Å². The molecular formula is C11H19N5O. The van der Waals surface area contributed by atoms with E-state index in [-0.39, 0.29) is 18.1 Å². The third-order valence-corrected chi connectivity index (χ3v) is 2.73. The third-order valence-electron chi connectivity index (χ3n) is 2.73. The number of aromatic nitrogens is 3. The van der Waals surface area contributed by atoms with Crippen LogP contribution < -0.4 is 15.8 Å². The van der Waals surface area contributed by atoms with Crippen molar-refractivity contribution in [3.63, 3.8) is 0 Å². The summed E-state index contributed by atoms with van der Waals surface area (Å²) in [6, 6.07) is 0.748. The van der Waals surface area contributed by atoms with Gasteiger partial charge in [-0.2, -0.15) is 15.0 Å². The first kappa shape index (κ1) is 11.9. The molecule has 6 nitrogen and oxygen atoms in total. The maximum absolute atomic E-state index is 5.62. The number of anilines is 2. The Labute approximate surface area is 101 Å². The van der Waals surface area contributed by atoms with Crippen molar-refractivity contribution in [1.82, 2.24) is 15.0 Å². The largest absolute Gasteiger partial charge is 0.461 e. The highest BCUT2D eigenvalue weighted by atomic mass is 16.5. The van der Waals surface area contributed by atoms with Crippen LogP contribution in [0.25, 0.3) is 0 Å². The number of nitrogens with one attached hydrogen (secondary N) is 1. The fourth-order valence-corrected chi connectivity index (χ4v) is 1.74. The van der Waals surface area contributed by atoms with E-state index in [2.05, 4.69) is 27.2 Å². The highest BCUT2D eigenvalue weighted by molar-refractivity contribution is 5.35. The molecule has 17 heavy (non-hydrogen) atoms. The van der Waals surface area contributed by atoms with Gasteiger partial charge in [0.1, 0.15) is 0 Å². The van der Waals surface area contributed by atoms with E-state index in [9.17, 15) is 0 Å². The number of ether oxygens (including phenoxy) is 1. The Kier molecular flexibility index (Phi) is 3.31. The third kappa shape index (κ3) is 3.18. The van der Waals surface area contributed by atoms with Gasteiger partial charge >= 0.3 is 6.01 Å². The fourth-order valence-electron chi connectivity index (χ4n) is 1.74. The number of nitrogen functional groups attached to an aromatic ring is 1. The molecule has 0 bridgehead atoms. The minimum absolute atomic E-state index is 0.0222. The highest BCUT2D eigenvalue weighted by Crippen LogP contribution is 2.35. The van der Waals surface area contributed by atoms with Crippen molar-refractivity contribution < 1.29 is 4.74 Å². The lowest BCUT2D eigenvalue weighted by atomic mass is 10.3. The maximum atomic E-state index is 5.62. The van der Waals surface area contributed by atoms with Crippen LogP contribution in [0.3, 0.4) is 0 Å². The molecule has 1 fully saturated rings. The van der Waals surface area contributed by atoms with Crippen molar-refractivity contribution >= 4 is 11.9 Å². The van der Waals surface area contributed by atoms with Crippen molar-refractivity contribution in [2.45, 2.75) is 45.8 Å². The first-order valence-electron chi connectivity index (χ1n) is 6.03. The van der Waals surface area contributed by atoms with Gasteiger partial charge in [-0.15, -0.1) is 0 Å². The standard InChI is InChI=1S/C11H19N5O/c1-4-7-5-8(7)13-10-14-9(12)15-11(16-10)17-6(2)3/h6-8H,4-5H2,1-3H3,(H3,12,13,14,15,16). The molecule has 3 N–H and O–H groups in total. The Morgan fingerprint density at radius 3 is 2.76 bits per heavy atom. The average Bonchev–Trinajstić information content (AvgIpc) is 2.94. The predicted molar refractivity (Wildman–Crippen MR) is 65.8 cm³/mol. The fraction of sp³-hybridized carbons (Fsp3) is 0.727. The van der Waals surface area contributed by atoms with Crippen molar-refractivity contribution in [3.8, 4) is 6.01 Å². The van der Waals surface area contributed by atoms with Gasteiger partial charge in [-0.3, -0.25) is 0 Å². The van der Waals surface area contributed by atoms with E-state index in [1.165, 1.54) is 12.8 Å². The van der Waals surface area contributed by atoms with Crippen molar-refractivity contribution in [2.24, 2.45) is 5.92 Å². The molecule has 0 aliphatic heterocycles. The van der Waals surface area contributed by atoms with Crippen molar-refractivity contribution in [3.05, 3.63) is 0 Å². The number of nitrogens with zero attached hydrogens (tertiary/aromatic N) is 3. The molecule has 2 unspecified atom stereocenters. The lowest BCUT2D eigenvalue weighted by molar-refractivity contribution is 0.222. The Hall–Kier alpha value is -1.59. The first-order chi connectivity index (χ1) is 8.08. The molecule has 1 aliphatic carbocycles. The van der Waals surface area contributed by atoms with Crippen molar-refractivity contribution in [1.29, 1.82) is 0 Å². The van der Waals surface area contributed by atoms with Gasteiger partial charge < -0.3 is 15.8 Å². The second-order valence-corrected chi connectivity index (χ2v) is 4.62. The molecule has 1 saturated carbocycles. The summed E-state index contributed by atoms with van der Waals surface area (Å²) < 4.78 is 5.41. The van der Waals surface area contributed by atoms with Crippen LogP contribution in [0, 0.1) is 5.92 Å². The monoisotopic (exact) mass is 237 g/mol. The minimum Gasteiger partial charge on any atom is -0.461 e. The summed E-state index contributed by atoms with van der Waals surface area (Å²) in [4.78, 5) is 12.2. The van der Waals surface area contributed by atoms with Crippen LogP contribution in [0.15, 0.2) is 0 Å². The second kappa shape index (κ2) is 4.73. The molecule has 2 atom stereocenters. The summed E-state index contributed by atoms with van der Waals surface area (Å²) in [5.41, 5.74) is 5.62. The second-order valence-electron chi connectivity index (χ2n) is 4.62. The van der Waals surface area contributed by atoms with E-state index in [4.69, 9.17) is 10.5 Å². The van der Waals surface area contributed by atoms with Crippen LogP contribution in [0.2, 0.25) is 0 Å². The van der Waals surface area contributed by atoms with Gasteiger partial charge in [0.2, 0.25) is 11.9 Å². The summed E-state index contributed by atoms with van der Waals surface area (Å²) in [6.07, 6.45) is 2.37. The molecule has 94 valence electrons. The molecule has 6 heteroatoms. The quantitative estimate of drug-likeness (QED) is 0.806. The molecular weight excluding hydrogens is 218 g/mol. The summed E-state index contributed by atoms with van der Waals surface area (Å²) in [5, 5.41) is 3.25. The van der Waals surface area contributed by atoms with E-state index in [0.29, 0.717) is 12.0 Å². The molecule has 0 amide bonds. The van der Waals surface area contributed by atoms with Gasteiger partial charge in [0.05, 0.1) is 6.10 Å². The Morgan fingerprint density at radius 1 is 1.41 bits per heavy atom. The average molecular weight is 237 g/mol. The predicted octanol–water partition coefficient (Wildman–Crippen LogP) is 1.45. The SMILES string of the molecule is CCC1CC1Nc1nc(N)nc(OC(C)C)n1. The first-order valence-corrected chi connectivity index (χ1v) is 6.03. The van der Waals surface area contributed by atoms with E-state index < -0.39 is 0 Å².